The van der Waals surface area contributed by atoms with Crippen LogP contribution in [-0.2, 0) is 51.1 Å². The minimum absolute atomic E-state index is 0.116. The van der Waals surface area contributed by atoms with Crippen LogP contribution in [0.4, 0.5) is 5.69 Å². The Bertz CT molecular complexity index is 2380. The van der Waals surface area contributed by atoms with Crippen LogP contribution in [0, 0.1) is 29.1 Å². The summed E-state index contributed by atoms with van der Waals surface area (Å²) in [6, 6.07) is 8.98. The van der Waals surface area contributed by atoms with Gasteiger partial charge in [0, 0.05) is 86.6 Å². The van der Waals surface area contributed by atoms with Crippen molar-refractivity contribution in [1.29, 1.82) is 0 Å². The van der Waals surface area contributed by atoms with Crippen LogP contribution in [0.15, 0.2) is 36.5 Å². The molecule has 370 valence electrons. The first-order valence-electron chi connectivity index (χ1n) is 24.5. The van der Waals surface area contributed by atoms with Gasteiger partial charge in [-0.3, -0.25) is 34.1 Å². The fourth-order valence-electron chi connectivity index (χ4n) is 9.45. The number of pyridine rings is 1. The molecule has 16 heteroatoms. The van der Waals surface area contributed by atoms with Crippen LogP contribution in [0.25, 0.3) is 22.2 Å². The van der Waals surface area contributed by atoms with Crippen LogP contribution in [0.1, 0.15) is 92.0 Å². The van der Waals surface area contributed by atoms with Gasteiger partial charge in [-0.1, -0.05) is 33.6 Å². The fraction of sp³-hybridized carbons (Fsp3) is 0.635. The van der Waals surface area contributed by atoms with Gasteiger partial charge in [0.15, 0.2) is 0 Å². The quantitative estimate of drug-likeness (QED) is 0.197. The van der Waals surface area contributed by atoms with Crippen LogP contribution >= 0.6 is 0 Å². The van der Waals surface area contributed by atoms with Crippen molar-refractivity contribution in [3.63, 3.8) is 0 Å². The fourth-order valence-corrected chi connectivity index (χ4v) is 9.45. The first kappa shape index (κ1) is 50.8. The topological polar surface area (TPSA) is 160 Å². The molecule has 68 heavy (non-hydrogen) atoms. The Kier molecular flexibility index (Phi) is 15.9. The SMILES string of the molecule is CCn1c(-c2cccnc2[C@H](C)OC)c2c3cc(ccc31)N1CCO[C@@H](C[C@H](NC(=O)C(COC3CN(C(=O)C#CC(C)(C)N(C)C)C3)C(C)C)C(=O)N3CCC[C@H](N3)C(=O)OCC(C)(C)C2)C1. The van der Waals surface area contributed by atoms with Gasteiger partial charge in [-0.2, -0.15) is 0 Å². The van der Waals surface area contributed by atoms with Crippen molar-refractivity contribution in [3.8, 4) is 23.1 Å². The predicted octanol–water partition coefficient (Wildman–Crippen LogP) is 4.98. The van der Waals surface area contributed by atoms with E-state index in [1.54, 1.807) is 18.2 Å². The average Bonchev–Trinajstić information content (AvgIpc) is 3.60. The second-order valence-corrected chi connectivity index (χ2v) is 20.8. The Hall–Kier alpha value is -5.05. The summed E-state index contributed by atoms with van der Waals surface area (Å²) in [6.07, 6.45) is 2.83. The molecular weight excluding hydrogens is 865 g/mol. The largest absolute Gasteiger partial charge is 0.464 e. The lowest BCUT2D eigenvalue weighted by Gasteiger charge is -2.39. The summed E-state index contributed by atoms with van der Waals surface area (Å²) in [5.41, 5.74) is 8.44. The van der Waals surface area contributed by atoms with Gasteiger partial charge in [-0.25, -0.2) is 5.43 Å². The van der Waals surface area contributed by atoms with Gasteiger partial charge in [0.05, 0.1) is 61.0 Å². The first-order chi connectivity index (χ1) is 32.3. The van der Waals surface area contributed by atoms with Crippen LogP contribution in [0.2, 0.25) is 0 Å². The molecule has 1 aromatic carbocycles. The maximum Gasteiger partial charge on any atom is 0.324 e. The summed E-state index contributed by atoms with van der Waals surface area (Å²) in [6.45, 7) is 20.0. The molecular formula is C52H74N8O8. The molecule has 3 aromatic rings. The number of carbonyl (C=O) groups is 4. The molecule has 5 atom stereocenters. The third-order valence-electron chi connectivity index (χ3n) is 14.3. The number of aryl methyl sites for hydroxylation is 1. The number of morpholine rings is 1. The first-order valence-corrected chi connectivity index (χ1v) is 24.5. The molecule has 2 N–H and O–H groups in total. The third kappa shape index (κ3) is 11.3. The Morgan fingerprint density at radius 3 is 2.57 bits per heavy atom. The number of anilines is 1. The molecule has 0 aliphatic carbocycles. The number of hydrazine groups is 1. The Labute approximate surface area is 402 Å². The van der Waals surface area contributed by atoms with E-state index >= 15 is 0 Å². The minimum Gasteiger partial charge on any atom is -0.464 e. The summed E-state index contributed by atoms with van der Waals surface area (Å²) >= 11 is 0. The van der Waals surface area contributed by atoms with E-state index in [4.69, 9.17) is 23.9 Å². The Balaban J connectivity index is 1.16. The van der Waals surface area contributed by atoms with Gasteiger partial charge in [0.25, 0.3) is 11.8 Å². The Morgan fingerprint density at radius 1 is 1.10 bits per heavy atom. The van der Waals surface area contributed by atoms with Crippen LogP contribution in [-0.4, -0.2) is 152 Å². The predicted molar refractivity (Wildman–Crippen MR) is 261 cm³/mol. The Morgan fingerprint density at radius 2 is 1.87 bits per heavy atom. The number of nitrogens with zero attached hydrogens (tertiary/aromatic N) is 6. The summed E-state index contributed by atoms with van der Waals surface area (Å²) in [7, 11) is 5.54. The number of aromatic nitrogens is 2. The molecule has 3 fully saturated rings. The average molecular weight is 939 g/mol. The summed E-state index contributed by atoms with van der Waals surface area (Å²) in [5.74, 6) is 3.80. The molecule has 2 aromatic heterocycles. The smallest absolute Gasteiger partial charge is 0.324 e. The minimum atomic E-state index is -0.964. The molecule has 7 rings (SSSR count). The second kappa shape index (κ2) is 21.3. The summed E-state index contributed by atoms with van der Waals surface area (Å²) < 4.78 is 27.0. The van der Waals surface area contributed by atoms with Crippen LogP contribution < -0.4 is 15.6 Å². The highest BCUT2D eigenvalue weighted by Gasteiger charge is 2.39. The van der Waals surface area contributed by atoms with E-state index in [0.717, 1.165) is 45.6 Å². The zero-order valence-electron chi connectivity index (χ0n) is 42.1. The molecule has 3 saturated heterocycles. The lowest BCUT2D eigenvalue weighted by Crippen LogP contribution is -2.61. The lowest BCUT2D eigenvalue weighted by molar-refractivity contribution is -0.156. The van der Waals surface area contributed by atoms with Crippen LogP contribution in [0.3, 0.4) is 0 Å². The molecule has 4 aliphatic heterocycles. The molecule has 6 heterocycles. The monoisotopic (exact) mass is 939 g/mol. The number of hydrogen-bond donors (Lipinski definition) is 2. The van der Waals surface area contributed by atoms with E-state index in [0.29, 0.717) is 58.6 Å². The van der Waals surface area contributed by atoms with Gasteiger partial charge in [-0.15, -0.1) is 0 Å². The van der Waals surface area contributed by atoms with Gasteiger partial charge in [0.1, 0.15) is 12.1 Å². The third-order valence-corrected chi connectivity index (χ3v) is 14.3. The van der Waals surface area contributed by atoms with Gasteiger partial charge >= 0.3 is 5.97 Å². The number of amides is 3. The zero-order chi connectivity index (χ0) is 49.1. The number of cyclic esters (lactones) is 1. The van der Waals surface area contributed by atoms with E-state index in [-0.39, 0.29) is 55.5 Å². The van der Waals surface area contributed by atoms with Gasteiger partial charge < -0.3 is 38.6 Å². The highest BCUT2D eigenvalue weighted by molar-refractivity contribution is 5.95. The van der Waals surface area contributed by atoms with E-state index in [1.807, 2.05) is 59.7 Å². The van der Waals surface area contributed by atoms with Crippen molar-refractivity contribution < 1.29 is 38.1 Å². The number of hydrogen-bond acceptors (Lipinski definition) is 12. The van der Waals surface area contributed by atoms with Gasteiger partial charge in [0.2, 0.25) is 5.91 Å². The molecule has 3 amide bonds. The highest BCUT2D eigenvalue weighted by Crippen LogP contribution is 2.42. The number of nitrogens with one attached hydrogen (secondary N) is 2. The summed E-state index contributed by atoms with van der Waals surface area (Å²) in [4.78, 5) is 66.5. The molecule has 1 unspecified atom stereocenters. The maximum atomic E-state index is 14.7. The number of methoxy groups -OCH3 is 1. The molecule has 16 nitrogen and oxygen atoms in total. The number of benzene rings is 1. The molecule has 0 saturated carbocycles. The zero-order valence-corrected chi connectivity index (χ0v) is 42.1. The van der Waals surface area contributed by atoms with E-state index < -0.39 is 41.0 Å². The van der Waals surface area contributed by atoms with Crippen molar-refractivity contribution >= 4 is 40.3 Å². The number of rotatable bonds is 11. The van der Waals surface area contributed by atoms with E-state index in [9.17, 15) is 19.2 Å². The van der Waals surface area contributed by atoms with E-state index in [2.05, 4.69) is 77.1 Å². The normalized spacial score (nSPS) is 22.5. The number of carbonyl (C=O) groups excluding carboxylic acids is 4. The molecule has 0 spiro atoms. The molecule has 4 aliphatic rings. The van der Waals surface area contributed by atoms with Gasteiger partial charge in [-0.05, 0) is 109 Å². The number of ether oxygens (including phenoxy) is 4. The lowest BCUT2D eigenvalue weighted by atomic mass is 9.84. The van der Waals surface area contributed by atoms with E-state index in [1.165, 1.54) is 5.01 Å². The van der Waals surface area contributed by atoms with Crippen molar-refractivity contribution in [1.82, 2.24) is 35.1 Å². The van der Waals surface area contributed by atoms with Crippen molar-refractivity contribution in [2.75, 3.05) is 78.6 Å². The van der Waals surface area contributed by atoms with Crippen molar-refractivity contribution in [3.05, 3.63) is 47.8 Å². The van der Waals surface area contributed by atoms with Crippen LogP contribution in [0.5, 0.6) is 0 Å². The second-order valence-electron chi connectivity index (χ2n) is 20.8. The standard InChI is InChI=1S/C52H74N8O8/c1-12-59-44-18-17-35-25-39(44)40(47(59)38-15-13-21-53-46(38)34(4)65-11)27-51(5,6)32-68-50(64)42-16-14-22-60(55-42)49(63)43(26-36-28-57(35)23-24-66-36)54-48(62)41(33(2)3)31-67-37-29-58(30-37)45(61)19-20-52(7,8)56(9)10/h13,15,17-18,21,25,33-34,36-37,41-43,55H,12,14,16,22-24,26-32H2,1-11H3,(H,54,62)/t34-,36-,41?,42-,43-/m0/s1. The van der Waals surface area contributed by atoms with Crippen molar-refractivity contribution in [2.45, 2.75) is 124 Å². The number of esters is 1. The van der Waals surface area contributed by atoms with Crippen molar-refractivity contribution in [2.24, 2.45) is 17.3 Å². The summed E-state index contributed by atoms with van der Waals surface area (Å²) in [5, 5.41) is 5.71. The molecule has 0 radical (unpaired) electrons. The molecule has 6 bridgehead atoms. The number of fused-ring (bicyclic) bond motifs is 6. The number of likely N-dealkylation sites (tertiary alicyclic amines) is 1. The maximum absolute atomic E-state index is 14.7. The highest BCUT2D eigenvalue weighted by atomic mass is 16.5.